The van der Waals surface area contributed by atoms with Crippen LogP contribution in [-0.4, -0.2) is 65.8 Å². The summed E-state index contributed by atoms with van der Waals surface area (Å²) >= 11 is 0. The highest BCUT2D eigenvalue weighted by molar-refractivity contribution is 5.66. The first-order valence-corrected chi connectivity index (χ1v) is 10.5. The van der Waals surface area contributed by atoms with E-state index in [4.69, 9.17) is 9.47 Å². The number of likely N-dealkylation sites (tertiary alicyclic amines) is 1. The summed E-state index contributed by atoms with van der Waals surface area (Å²) in [6.45, 7) is 9.51. The summed E-state index contributed by atoms with van der Waals surface area (Å²) in [4.78, 5) is 13.2. The molecule has 3 N–H and O–H groups in total. The lowest BCUT2D eigenvalue weighted by molar-refractivity contribution is -0.137. The highest BCUT2D eigenvalue weighted by Gasteiger charge is 2.53. The lowest BCUT2D eigenvalue weighted by Crippen LogP contribution is -2.63. The number of carbonyl (C=O) groups is 1. The number of aliphatic hydroxyl groups is 2. The van der Waals surface area contributed by atoms with Crippen molar-refractivity contribution in [3.63, 3.8) is 0 Å². The zero-order valence-electron chi connectivity index (χ0n) is 18.8. The Kier molecular flexibility index (Phi) is 8.27. The van der Waals surface area contributed by atoms with Gasteiger partial charge in [-0.2, -0.15) is 0 Å². The maximum atomic E-state index is 11.8. The van der Waals surface area contributed by atoms with Crippen molar-refractivity contribution in [2.75, 3.05) is 33.5 Å². The number of benzene rings is 1. The van der Waals surface area contributed by atoms with Crippen LogP contribution >= 0.6 is 0 Å². The number of aliphatic hydroxyl groups excluding tert-OH is 1. The Bertz CT molecular complexity index is 686. The molecule has 1 unspecified atom stereocenters. The van der Waals surface area contributed by atoms with E-state index in [1.807, 2.05) is 45.0 Å². The number of piperidine rings is 1. The predicted octanol–water partition coefficient (Wildman–Crippen LogP) is 3.08. The van der Waals surface area contributed by atoms with E-state index in [1.54, 1.807) is 7.11 Å². The minimum atomic E-state index is -1.30. The van der Waals surface area contributed by atoms with Gasteiger partial charge in [0, 0.05) is 31.5 Å². The van der Waals surface area contributed by atoms with Crippen molar-refractivity contribution in [2.45, 2.75) is 52.4 Å². The normalized spacial score (nSPS) is 25.9. The van der Waals surface area contributed by atoms with E-state index >= 15 is 0 Å². The van der Waals surface area contributed by atoms with Crippen molar-refractivity contribution in [2.24, 2.45) is 17.3 Å². The minimum absolute atomic E-state index is 0.215. The number of ether oxygens (including phenoxy) is 2. The smallest absolute Gasteiger partial charge is 0.407 e. The second kappa shape index (κ2) is 10.1. The Morgan fingerprint density at radius 3 is 2.40 bits per heavy atom. The van der Waals surface area contributed by atoms with Gasteiger partial charge >= 0.3 is 6.09 Å². The van der Waals surface area contributed by atoms with Crippen molar-refractivity contribution in [1.82, 2.24) is 4.90 Å². The maximum absolute atomic E-state index is 11.8. The van der Waals surface area contributed by atoms with Crippen LogP contribution in [0.1, 0.15) is 45.2 Å². The van der Waals surface area contributed by atoms with Gasteiger partial charge in [-0.15, -0.1) is 0 Å². The third kappa shape index (κ3) is 5.52. The molecule has 30 heavy (non-hydrogen) atoms. The molecule has 0 radical (unpaired) electrons. The van der Waals surface area contributed by atoms with Crippen molar-refractivity contribution >= 4 is 6.09 Å². The molecule has 0 saturated carbocycles. The van der Waals surface area contributed by atoms with Crippen molar-refractivity contribution in [3.8, 4) is 0 Å². The van der Waals surface area contributed by atoms with E-state index in [0.717, 1.165) is 5.56 Å². The van der Waals surface area contributed by atoms with Crippen molar-refractivity contribution < 1.29 is 29.6 Å². The quantitative estimate of drug-likeness (QED) is 0.594. The Morgan fingerprint density at radius 2 is 1.90 bits per heavy atom. The molecule has 1 heterocycles. The van der Waals surface area contributed by atoms with Crippen LogP contribution in [0.4, 0.5) is 4.79 Å². The molecule has 1 aliphatic rings. The van der Waals surface area contributed by atoms with Crippen LogP contribution in [-0.2, 0) is 21.7 Å². The van der Waals surface area contributed by atoms with Gasteiger partial charge in [0.05, 0.1) is 32.0 Å². The molecule has 1 fully saturated rings. The highest BCUT2D eigenvalue weighted by atomic mass is 16.5. The van der Waals surface area contributed by atoms with Crippen LogP contribution in [0.15, 0.2) is 24.3 Å². The van der Waals surface area contributed by atoms with Gasteiger partial charge in [-0.1, -0.05) is 52.0 Å². The summed E-state index contributed by atoms with van der Waals surface area (Å²) in [5.74, 6) is -0.312. The van der Waals surface area contributed by atoms with Crippen molar-refractivity contribution in [3.05, 3.63) is 35.4 Å². The fourth-order valence-electron chi connectivity index (χ4n) is 4.59. The predicted molar refractivity (Wildman–Crippen MR) is 114 cm³/mol. The second-order valence-corrected chi connectivity index (χ2v) is 9.52. The van der Waals surface area contributed by atoms with E-state index in [2.05, 4.69) is 6.92 Å². The number of rotatable bonds is 8. The molecular weight excluding hydrogens is 386 g/mol. The lowest BCUT2D eigenvalue weighted by atomic mass is 9.65. The van der Waals surface area contributed by atoms with Gasteiger partial charge in [0.25, 0.3) is 0 Å². The molecule has 7 nitrogen and oxygen atoms in total. The minimum Gasteiger partial charge on any atom is -0.465 e. The van der Waals surface area contributed by atoms with E-state index in [-0.39, 0.29) is 19.6 Å². The molecule has 1 aliphatic heterocycles. The monoisotopic (exact) mass is 423 g/mol. The first-order chi connectivity index (χ1) is 14.0. The number of amides is 1. The molecule has 170 valence electrons. The number of hydrogen-bond donors (Lipinski definition) is 3. The van der Waals surface area contributed by atoms with Crippen LogP contribution < -0.4 is 0 Å². The summed E-state index contributed by atoms with van der Waals surface area (Å²) in [6.07, 6.45) is -0.785. The molecule has 2 rings (SSSR count). The topological polar surface area (TPSA) is 99.5 Å². The molecule has 1 amide bonds. The van der Waals surface area contributed by atoms with Crippen LogP contribution in [0.5, 0.6) is 0 Å². The summed E-state index contributed by atoms with van der Waals surface area (Å²) in [5.41, 5.74) is -0.0575. The molecule has 1 aromatic rings. The second-order valence-electron chi connectivity index (χ2n) is 9.52. The molecule has 0 bridgehead atoms. The molecule has 0 aliphatic carbocycles. The van der Waals surface area contributed by atoms with E-state index in [9.17, 15) is 20.1 Å². The van der Waals surface area contributed by atoms with Gasteiger partial charge in [0.1, 0.15) is 0 Å². The van der Waals surface area contributed by atoms with Gasteiger partial charge in [-0.25, -0.2) is 4.79 Å². The molecular formula is C23H37NO6. The highest BCUT2D eigenvalue weighted by Crippen LogP contribution is 2.46. The summed E-state index contributed by atoms with van der Waals surface area (Å²) < 4.78 is 10.8. The third-order valence-electron chi connectivity index (χ3n) is 5.97. The van der Waals surface area contributed by atoms with Crippen LogP contribution in [0.25, 0.3) is 0 Å². The van der Waals surface area contributed by atoms with Gasteiger partial charge in [0.2, 0.25) is 0 Å². The Hall–Kier alpha value is -1.67. The molecule has 0 aromatic heterocycles. The Morgan fingerprint density at radius 1 is 1.27 bits per heavy atom. The van der Waals surface area contributed by atoms with Crippen molar-refractivity contribution in [1.29, 1.82) is 0 Å². The fourth-order valence-corrected chi connectivity index (χ4v) is 4.59. The Balaban J connectivity index is 2.19. The summed E-state index contributed by atoms with van der Waals surface area (Å²) in [6, 6.07) is 7.03. The first kappa shape index (κ1) is 24.6. The summed E-state index contributed by atoms with van der Waals surface area (Å²) in [7, 11) is 1.67. The van der Waals surface area contributed by atoms with Gasteiger partial charge < -0.3 is 29.7 Å². The average molecular weight is 424 g/mol. The zero-order valence-corrected chi connectivity index (χ0v) is 18.8. The number of methoxy groups -OCH3 is 1. The standard InChI is InChI=1S/C23H37NO6/c1-16(13-29-5)14-30-15-17-6-8-18(9-7-17)23(28)10-11-24(21(26)27)20(19(23)12-25)22(2,3)4/h6-9,16,19-20,25,28H,10-15H2,1-5H3,(H,26,27)/t16-,19-,20?,23-/m0/s1. The van der Waals surface area contributed by atoms with Gasteiger partial charge in [0.15, 0.2) is 0 Å². The van der Waals surface area contributed by atoms with Gasteiger partial charge in [-0.3, -0.25) is 0 Å². The average Bonchev–Trinajstić information content (AvgIpc) is 2.67. The molecule has 4 atom stereocenters. The first-order valence-electron chi connectivity index (χ1n) is 10.5. The number of nitrogens with zero attached hydrogens (tertiary/aromatic N) is 1. The SMILES string of the molecule is COC[C@H](C)COCc1ccc([C@@]2(O)CCN(C(=O)O)C(C(C)(C)C)[C@@H]2CO)cc1. The third-order valence-corrected chi connectivity index (χ3v) is 5.97. The van der Waals surface area contributed by atoms with E-state index < -0.39 is 29.1 Å². The Labute approximate surface area is 179 Å². The number of carboxylic acid groups (broad SMARTS) is 1. The van der Waals surface area contributed by atoms with Gasteiger partial charge in [-0.05, 0) is 23.0 Å². The molecule has 1 aromatic carbocycles. The lowest BCUT2D eigenvalue weighted by Gasteiger charge is -2.53. The van der Waals surface area contributed by atoms with Crippen LogP contribution in [0.2, 0.25) is 0 Å². The fraction of sp³-hybridized carbons (Fsp3) is 0.696. The molecule has 7 heteroatoms. The number of hydrogen-bond acceptors (Lipinski definition) is 5. The zero-order chi connectivity index (χ0) is 22.5. The molecule has 1 saturated heterocycles. The summed E-state index contributed by atoms with van der Waals surface area (Å²) in [5, 5.41) is 31.4. The van der Waals surface area contributed by atoms with Crippen LogP contribution in [0.3, 0.4) is 0 Å². The largest absolute Gasteiger partial charge is 0.465 e. The molecule has 0 spiro atoms. The maximum Gasteiger partial charge on any atom is 0.407 e. The van der Waals surface area contributed by atoms with E-state index in [1.165, 1.54) is 4.90 Å². The van der Waals surface area contributed by atoms with Crippen LogP contribution in [0, 0.1) is 17.3 Å². The van der Waals surface area contributed by atoms with E-state index in [0.29, 0.717) is 31.3 Å².